The molecule has 2 aromatic carbocycles. The maximum Gasteiger partial charge on any atom is 0.338 e. The number of nitro benzene ring substituents is 1. The van der Waals surface area contributed by atoms with Gasteiger partial charge in [0.2, 0.25) is 0 Å². The number of morpholine rings is 1. The van der Waals surface area contributed by atoms with Crippen LogP contribution in [0.1, 0.15) is 15.9 Å². The van der Waals surface area contributed by atoms with Crippen molar-refractivity contribution in [3.63, 3.8) is 0 Å². The van der Waals surface area contributed by atoms with E-state index in [9.17, 15) is 24.8 Å². The smallest absolute Gasteiger partial charge is 0.338 e. The molecule has 0 spiro atoms. The number of phenolic OH excluding ortho intramolecular Hbond substituents is 1. The highest BCUT2D eigenvalue weighted by molar-refractivity contribution is 5.91. The Hall–Kier alpha value is -3.92. The van der Waals surface area contributed by atoms with Gasteiger partial charge >= 0.3 is 11.6 Å². The van der Waals surface area contributed by atoms with Crippen molar-refractivity contribution in [1.29, 1.82) is 0 Å². The third-order valence-electron chi connectivity index (χ3n) is 4.93. The Morgan fingerprint density at radius 3 is 2.68 bits per heavy atom. The summed E-state index contributed by atoms with van der Waals surface area (Å²) in [6.45, 7) is 1.73. The van der Waals surface area contributed by atoms with E-state index in [4.69, 9.17) is 13.9 Å². The predicted octanol–water partition coefficient (Wildman–Crippen LogP) is 2.60. The van der Waals surface area contributed by atoms with E-state index in [-0.39, 0.29) is 29.2 Å². The van der Waals surface area contributed by atoms with E-state index >= 15 is 0 Å². The summed E-state index contributed by atoms with van der Waals surface area (Å²) in [4.78, 5) is 37.2. The van der Waals surface area contributed by atoms with Gasteiger partial charge in [-0.2, -0.15) is 0 Å². The van der Waals surface area contributed by atoms with Gasteiger partial charge in [0.05, 0.1) is 23.7 Å². The zero-order valence-corrected chi connectivity index (χ0v) is 16.3. The van der Waals surface area contributed by atoms with Crippen LogP contribution in [-0.2, 0) is 16.1 Å². The van der Waals surface area contributed by atoms with Crippen molar-refractivity contribution in [1.82, 2.24) is 0 Å². The van der Waals surface area contributed by atoms with Gasteiger partial charge in [-0.15, -0.1) is 0 Å². The molecular weight excluding hydrogens is 408 g/mol. The zero-order chi connectivity index (χ0) is 22.0. The molecule has 2 heterocycles. The summed E-state index contributed by atoms with van der Waals surface area (Å²) in [7, 11) is 0. The van der Waals surface area contributed by atoms with Gasteiger partial charge < -0.3 is 23.9 Å². The topological polar surface area (TPSA) is 132 Å². The summed E-state index contributed by atoms with van der Waals surface area (Å²) in [6.07, 6.45) is 0. The van der Waals surface area contributed by atoms with Gasteiger partial charge in [-0.25, -0.2) is 9.59 Å². The molecule has 160 valence electrons. The Bertz CT molecular complexity index is 1210. The molecule has 0 amide bonds. The van der Waals surface area contributed by atoms with Gasteiger partial charge in [-0.05, 0) is 24.3 Å². The van der Waals surface area contributed by atoms with Crippen LogP contribution in [0.4, 0.5) is 11.4 Å². The van der Waals surface area contributed by atoms with Crippen molar-refractivity contribution in [2.45, 2.75) is 6.61 Å². The summed E-state index contributed by atoms with van der Waals surface area (Å²) in [5, 5.41) is 21.6. The van der Waals surface area contributed by atoms with Crippen LogP contribution < -0.4 is 10.5 Å². The van der Waals surface area contributed by atoms with Gasteiger partial charge in [0.15, 0.2) is 0 Å². The molecule has 1 N–H and O–H groups in total. The van der Waals surface area contributed by atoms with Crippen LogP contribution >= 0.6 is 0 Å². The summed E-state index contributed by atoms with van der Waals surface area (Å²) in [5.41, 5.74) is 0.125. The normalized spacial score (nSPS) is 13.9. The van der Waals surface area contributed by atoms with Crippen LogP contribution in [0.25, 0.3) is 11.0 Å². The molecule has 3 aromatic rings. The number of fused-ring (bicyclic) bond motifs is 1. The molecule has 1 aliphatic heterocycles. The maximum atomic E-state index is 12.5. The minimum absolute atomic E-state index is 0.0219. The number of anilines is 1. The van der Waals surface area contributed by atoms with E-state index in [1.54, 1.807) is 6.07 Å². The predicted molar refractivity (Wildman–Crippen MR) is 109 cm³/mol. The van der Waals surface area contributed by atoms with Crippen molar-refractivity contribution in [2.24, 2.45) is 0 Å². The second-order valence-electron chi connectivity index (χ2n) is 6.91. The molecule has 0 bridgehead atoms. The molecule has 10 heteroatoms. The second kappa shape index (κ2) is 8.44. The molecule has 0 saturated carbocycles. The molecule has 10 nitrogen and oxygen atoms in total. The lowest BCUT2D eigenvalue weighted by atomic mass is 10.1. The number of esters is 1. The van der Waals surface area contributed by atoms with Gasteiger partial charge in [0.25, 0.3) is 5.69 Å². The molecule has 1 fully saturated rings. The summed E-state index contributed by atoms with van der Waals surface area (Å²) >= 11 is 0. The van der Waals surface area contributed by atoms with Crippen LogP contribution in [0, 0.1) is 10.1 Å². The van der Waals surface area contributed by atoms with Crippen molar-refractivity contribution in [2.75, 3.05) is 31.2 Å². The second-order valence-corrected chi connectivity index (χ2v) is 6.91. The fourth-order valence-corrected chi connectivity index (χ4v) is 3.43. The number of aromatic hydroxyl groups is 1. The fourth-order valence-electron chi connectivity index (χ4n) is 3.43. The molecule has 31 heavy (non-hydrogen) atoms. The molecule has 1 aromatic heterocycles. The molecule has 4 rings (SSSR count). The van der Waals surface area contributed by atoms with E-state index in [1.165, 1.54) is 36.4 Å². The Labute approximate surface area is 175 Å². The van der Waals surface area contributed by atoms with E-state index < -0.39 is 16.5 Å². The molecule has 0 radical (unpaired) electrons. The Kier molecular flexibility index (Phi) is 5.54. The lowest BCUT2D eigenvalue weighted by Gasteiger charge is -2.28. The summed E-state index contributed by atoms with van der Waals surface area (Å²) in [5.74, 6) is -0.839. The number of phenols is 1. The van der Waals surface area contributed by atoms with Crippen LogP contribution in [0.15, 0.2) is 51.7 Å². The first-order chi connectivity index (χ1) is 14.9. The number of nitro groups is 1. The average molecular weight is 426 g/mol. The Balaban J connectivity index is 1.56. The number of carbonyl (C=O) groups excluding carboxylic acids is 1. The number of hydrogen-bond donors (Lipinski definition) is 1. The Morgan fingerprint density at radius 1 is 1.16 bits per heavy atom. The van der Waals surface area contributed by atoms with Crippen LogP contribution in [-0.4, -0.2) is 42.3 Å². The molecule has 0 atom stereocenters. The minimum atomic E-state index is -0.767. The van der Waals surface area contributed by atoms with Gasteiger partial charge in [-0.3, -0.25) is 10.1 Å². The first-order valence-electron chi connectivity index (χ1n) is 9.46. The average Bonchev–Trinajstić information content (AvgIpc) is 2.77. The van der Waals surface area contributed by atoms with Crippen LogP contribution in [0.2, 0.25) is 0 Å². The van der Waals surface area contributed by atoms with Gasteiger partial charge in [-0.1, -0.05) is 0 Å². The molecule has 1 aliphatic rings. The van der Waals surface area contributed by atoms with E-state index in [0.717, 1.165) is 0 Å². The van der Waals surface area contributed by atoms with E-state index in [2.05, 4.69) is 0 Å². The summed E-state index contributed by atoms with van der Waals surface area (Å²) in [6, 6.07) is 9.61. The highest BCUT2D eigenvalue weighted by Crippen LogP contribution is 2.30. The number of rotatable bonds is 5. The quantitative estimate of drug-likeness (QED) is 0.283. The number of carbonyl (C=O) groups is 1. The first-order valence-corrected chi connectivity index (χ1v) is 9.46. The number of hydrogen-bond acceptors (Lipinski definition) is 9. The molecule has 0 aliphatic carbocycles. The highest BCUT2D eigenvalue weighted by Gasteiger charge is 2.24. The number of benzene rings is 2. The van der Waals surface area contributed by atoms with E-state index in [0.29, 0.717) is 42.9 Å². The van der Waals surface area contributed by atoms with Gasteiger partial charge in [0.1, 0.15) is 23.6 Å². The van der Waals surface area contributed by atoms with E-state index in [1.807, 2.05) is 4.90 Å². The Morgan fingerprint density at radius 2 is 1.94 bits per heavy atom. The largest absolute Gasteiger partial charge is 0.508 e. The standard InChI is InChI=1S/C21H18N2O8/c24-15-2-3-16-14(10-20(25)31-19(16)11-15)12-30-21(26)13-1-4-17(18(9-13)23(27)28)22-5-7-29-8-6-22/h1-4,9-11,24H,5-8,12H2. The monoisotopic (exact) mass is 426 g/mol. The lowest BCUT2D eigenvalue weighted by Crippen LogP contribution is -2.36. The summed E-state index contributed by atoms with van der Waals surface area (Å²) < 4.78 is 15.6. The molecule has 0 unspecified atom stereocenters. The van der Waals surface area contributed by atoms with Crippen molar-refractivity contribution in [3.8, 4) is 5.75 Å². The van der Waals surface area contributed by atoms with Crippen LogP contribution in [0.5, 0.6) is 5.75 Å². The van der Waals surface area contributed by atoms with Crippen molar-refractivity contribution >= 4 is 28.3 Å². The maximum absolute atomic E-state index is 12.5. The first kappa shape index (κ1) is 20.4. The SMILES string of the molecule is O=C(OCc1cc(=O)oc2cc(O)ccc12)c1ccc(N2CCOCC2)c([N+](=O)[O-])c1. The lowest BCUT2D eigenvalue weighted by molar-refractivity contribution is -0.384. The third-order valence-corrected chi connectivity index (χ3v) is 4.93. The number of nitrogens with zero attached hydrogens (tertiary/aromatic N) is 2. The molecule has 1 saturated heterocycles. The van der Waals surface area contributed by atoms with Crippen molar-refractivity contribution in [3.05, 3.63) is 74.1 Å². The van der Waals surface area contributed by atoms with Crippen LogP contribution in [0.3, 0.4) is 0 Å². The zero-order valence-electron chi connectivity index (χ0n) is 16.3. The molecular formula is C21H18N2O8. The third kappa shape index (κ3) is 4.33. The van der Waals surface area contributed by atoms with Gasteiger partial charge in [0, 0.05) is 42.2 Å². The number of ether oxygens (including phenoxy) is 2. The minimum Gasteiger partial charge on any atom is -0.508 e. The fraction of sp³-hybridized carbons (Fsp3) is 0.238. The highest BCUT2D eigenvalue weighted by atomic mass is 16.6. The van der Waals surface area contributed by atoms with Crippen molar-refractivity contribution < 1.29 is 28.7 Å².